The van der Waals surface area contributed by atoms with E-state index in [9.17, 15) is 4.79 Å². The maximum atomic E-state index is 12.6. The molecule has 0 bridgehead atoms. The molecule has 2 aliphatic heterocycles. The lowest BCUT2D eigenvalue weighted by atomic mass is 9.85. The van der Waals surface area contributed by atoms with E-state index in [2.05, 4.69) is 5.32 Å². The number of nitrogens with zero attached hydrogens (tertiary/aromatic N) is 2. The minimum atomic E-state index is 0.0523. The molecule has 1 N–H and O–H groups in total. The first-order valence-corrected chi connectivity index (χ1v) is 7.55. The van der Waals surface area contributed by atoms with Crippen molar-refractivity contribution in [2.45, 2.75) is 37.8 Å². The largest absolute Gasteiger partial charge is 0.313 e. The van der Waals surface area contributed by atoms with E-state index in [-0.39, 0.29) is 5.56 Å². The molecule has 0 aliphatic carbocycles. The molecule has 0 amide bonds. The van der Waals surface area contributed by atoms with Crippen molar-refractivity contribution in [3.8, 4) is 0 Å². The third-order valence-corrected chi connectivity index (χ3v) is 4.76. The minimum Gasteiger partial charge on any atom is -0.313 e. The van der Waals surface area contributed by atoms with Gasteiger partial charge in [0.05, 0.1) is 10.9 Å². The lowest BCUT2D eigenvalue weighted by Gasteiger charge is -2.37. The van der Waals surface area contributed by atoms with Crippen LogP contribution in [0.15, 0.2) is 23.0 Å². The monoisotopic (exact) mass is 289 g/mol. The number of benzene rings is 1. The Hall–Kier alpha value is -1.39. The number of nitrogens with one attached hydrogen (secondary N) is 1. The Morgan fingerprint density at radius 1 is 1.35 bits per heavy atom. The van der Waals surface area contributed by atoms with Gasteiger partial charge >= 0.3 is 0 Å². The maximum Gasteiger partial charge on any atom is 0.261 e. The van der Waals surface area contributed by atoms with E-state index < -0.39 is 0 Å². The fourth-order valence-corrected chi connectivity index (χ4v) is 3.71. The first-order valence-electron chi connectivity index (χ1n) is 7.17. The molecule has 4 rings (SSSR count). The molecule has 1 aromatic heterocycles. The van der Waals surface area contributed by atoms with E-state index in [0.717, 1.165) is 43.7 Å². The number of fused-ring (bicyclic) bond motifs is 4. The van der Waals surface area contributed by atoms with Gasteiger partial charge in [-0.15, -0.1) is 0 Å². The molecule has 0 saturated carbocycles. The Morgan fingerprint density at radius 3 is 3.15 bits per heavy atom. The van der Waals surface area contributed by atoms with E-state index >= 15 is 0 Å². The van der Waals surface area contributed by atoms with E-state index in [1.807, 2.05) is 10.6 Å². The van der Waals surface area contributed by atoms with Gasteiger partial charge in [-0.05, 0) is 44.0 Å². The highest BCUT2D eigenvalue weighted by molar-refractivity contribution is 6.31. The summed E-state index contributed by atoms with van der Waals surface area (Å²) >= 11 is 6.00. The molecule has 5 heteroatoms. The number of halogens is 1. The van der Waals surface area contributed by atoms with E-state index in [1.165, 1.54) is 0 Å². The van der Waals surface area contributed by atoms with Crippen LogP contribution >= 0.6 is 11.6 Å². The summed E-state index contributed by atoms with van der Waals surface area (Å²) in [6.07, 6.45) is 3.27. The van der Waals surface area contributed by atoms with Crippen molar-refractivity contribution in [1.29, 1.82) is 0 Å². The minimum absolute atomic E-state index is 0.0523. The normalized spacial score (nSPS) is 25.2. The second-order valence-corrected chi connectivity index (χ2v) is 6.12. The van der Waals surface area contributed by atoms with Gasteiger partial charge in [-0.25, -0.2) is 4.98 Å². The zero-order valence-corrected chi connectivity index (χ0v) is 11.9. The Kier molecular flexibility index (Phi) is 2.82. The molecule has 2 aromatic rings. The van der Waals surface area contributed by atoms with Crippen molar-refractivity contribution in [2.75, 3.05) is 6.54 Å². The molecule has 0 radical (unpaired) electrons. The van der Waals surface area contributed by atoms with Crippen LogP contribution in [0.2, 0.25) is 5.02 Å². The molecule has 1 saturated heterocycles. The van der Waals surface area contributed by atoms with Gasteiger partial charge < -0.3 is 5.32 Å². The summed E-state index contributed by atoms with van der Waals surface area (Å²) in [5.74, 6) is 1.32. The van der Waals surface area contributed by atoms with Crippen LogP contribution in [0.4, 0.5) is 0 Å². The SMILES string of the molecule is O=c1c2cc(Cl)ccc2nc2n1CC[C@H]1NCCC[C@H]21. The predicted molar refractivity (Wildman–Crippen MR) is 79.4 cm³/mol. The van der Waals surface area contributed by atoms with Crippen LogP contribution in [0.25, 0.3) is 10.9 Å². The molecule has 1 aromatic carbocycles. The molecule has 0 unspecified atom stereocenters. The van der Waals surface area contributed by atoms with Gasteiger partial charge in [0, 0.05) is 23.5 Å². The predicted octanol–water partition coefficient (Wildman–Crippen LogP) is 2.29. The summed E-state index contributed by atoms with van der Waals surface area (Å²) in [5.41, 5.74) is 0.813. The summed E-state index contributed by atoms with van der Waals surface area (Å²) in [5, 5.41) is 4.78. The van der Waals surface area contributed by atoms with Gasteiger partial charge in [0.1, 0.15) is 5.82 Å². The van der Waals surface area contributed by atoms with Gasteiger partial charge in [0.2, 0.25) is 0 Å². The number of piperidine rings is 1. The van der Waals surface area contributed by atoms with Crippen LogP contribution in [0.3, 0.4) is 0 Å². The highest BCUT2D eigenvalue weighted by atomic mass is 35.5. The van der Waals surface area contributed by atoms with E-state index in [4.69, 9.17) is 16.6 Å². The maximum absolute atomic E-state index is 12.6. The molecule has 104 valence electrons. The van der Waals surface area contributed by atoms with Crippen LogP contribution in [0, 0.1) is 0 Å². The number of hydrogen-bond donors (Lipinski definition) is 1. The number of hydrogen-bond acceptors (Lipinski definition) is 3. The summed E-state index contributed by atoms with van der Waals surface area (Å²) in [4.78, 5) is 17.4. The molecule has 20 heavy (non-hydrogen) atoms. The molecule has 2 atom stereocenters. The first kappa shape index (κ1) is 12.4. The highest BCUT2D eigenvalue weighted by Gasteiger charge is 2.33. The number of rotatable bonds is 0. The molecular formula is C15H16ClN3O. The zero-order valence-electron chi connectivity index (χ0n) is 11.1. The highest BCUT2D eigenvalue weighted by Crippen LogP contribution is 2.32. The smallest absolute Gasteiger partial charge is 0.261 e. The third-order valence-electron chi connectivity index (χ3n) is 4.53. The van der Waals surface area contributed by atoms with Crippen molar-refractivity contribution in [2.24, 2.45) is 0 Å². The fraction of sp³-hybridized carbons (Fsp3) is 0.467. The molecule has 1 fully saturated rings. The molecule has 2 aliphatic rings. The topological polar surface area (TPSA) is 46.9 Å². The summed E-state index contributed by atoms with van der Waals surface area (Å²) in [6, 6.07) is 5.84. The molecular weight excluding hydrogens is 274 g/mol. The molecule has 3 heterocycles. The van der Waals surface area contributed by atoms with Crippen LogP contribution in [0.1, 0.15) is 31.0 Å². The summed E-state index contributed by atoms with van der Waals surface area (Å²) in [7, 11) is 0. The standard InChI is InChI=1S/C15H16ClN3O/c16-9-3-4-13-11(8-9)15(20)19-7-5-12-10(14(19)18-13)2-1-6-17-12/h3-4,8,10,12,17H,1-2,5-7H2/t10-,12+/m0/s1. The third kappa shape index (κ3) is 1.79. The van der Waals surface area contributed by atoms with Crippen LogP contribution < -0.4 is 10.9 Å². The second-order valence-electron chi connectivity index (χ2n) is 5.69. The van der Waals surface area contributed by atoms with Gasteiger partial charge in [-0.2, -0.15) is 0 Å². The Labute approximate surface area is 121 Å². The first-order chi connectivity index (χ1) is 9.74. The Bertz CT molecular complexity index is 740. The van der Waals surface area contributed by atoms with Gasteiger partial charge in [0.15, 0.2) is 0 Å². The van der Waals surface area contributed by atoms with Crippen LogP contribution in [-0.4, -0.2) is 22.1 Å². The van der Waals surface area contributed by atoms with Crippen LogP contribution in [-0.2, 0) is 6.54 Å². The van der Waals surface area contributed by atoms with E-state index in [1.54, 1.807) is 12.1 Å². The van der Waals surface area contributed by atoms with Gasteiger partial charge in [-0.3, -0.25) is 9.36 Å². The Balaban J connectivity index is 1.96. The van der Waals surface area contributed by atoms with Gasteiger partial charge in [0.25, 0.3) is 5.56 Å². The quantitative estimate of drug-likeness (QED) is 0.809. The molecule has 4 nitrogen and oxygen atoms in total. The van der Waals surface area contributed by atoms with Crippen molar-refractivity contribution in [3.05, 3.63) is 39.4 Å². The zero-order chi connectivity index (χ0) is 13.7. The average molecular weight is 290 g/mol. The van der Waals surface area contributed by atoms with Crippen molar-refractivity contribution >= 4 is 22.5 Å². The van der Waals surface area contributed by atoms with E-state index in [0.29, 0.717) is 22.4 Å². The van der Waals surface area contributed by atoms with Gasteiger partial charge in [-0.1, -0.05) is 11.6 Å². The Morgan fingerprint density at radius 2 is 2.25 bits per heavy atom. The number of aromatic nitrogens is 2. The molecule has 0 spiro atoms. The van der Waals surface area contributed by atoms with Crippen LogP contribution in [0.5, 0.6) is 0 Å². The van der Waals surface area contributed by atoms with Crippen molar-refractivity contribution < 1.29 is 0 Å². The lowest BCUT2D eigenvalue weighted by molar-refractivity contribution is 0.272. The lowest BCUT2D eigenvalue weighted by Crippen LogP contribution is -2.47. The average Bonchev–Trinajstić information content (AvgIpc) is 2.48. The summed E-state index contributed by atoms with van der Waals surface area (Å²) < 4.78 is 1.85. The fourth-order valence-electron chi connectivity index (χ4n) is 3.54. The second kappa shape index (κ2) is 4.57. The van der Waals surface area contributed by atoms with Crippen molar-refractivity contribution in [3.63, 3.8) is 0 Å². The van der Waals surface area contributed by atoms with Crippen molar-refractivity contribution in [1.82, 2.24) is 14.9 Å². The summed E-state index contributed by atoms with van der Waals surface area (Å²) in [6.45, 7) is 1.83.